The first kappa shape index (κ1) is 13.5. The van der Waals surface area contributed by atoms with Crippen LogP contribution in [0.1, 0.15) is 53.4 Å². The van der Waals surface area contributed by atoms with Gasteiger partial charge < -0.3 is 5.73 Å². The third kappa shape index (κ3) is 2.99. The molecule has 1 amide bonds. The highest BCUT2D eigenvalue weighted by molar-refractivity contribution is 5.76. The molecule has 4 atom stereocenters. The van der Waals surface area contributed by atoms with Crippen molar-refractivity contribution >= 4 is 5.91 Å². The minimum Gasteiger partial charge on any atom is -0.369 e. The van der Waals surface area contributed by atoms with Crippen LogP contribution in [0.15, 0.2) is 0 Å². The average molecular weight is 225 g/mol. The van der Waals surface area contributed by atoms with Gasteiger partial charge in [-0.1, -0.05) is 34.1 Å². The van der Waals surface area contributed by atoms with Crippen LogP contribution in [0.5, 0.6) is 0 Å². The highest BCUT2D eigenvalue weighted by atomic mass is 16.1. The van der Waals surface area contributed by atoms with Crippen LogP contribution in [0.2, 0.25) is 0 Å². The van der Waals surface area contributed by atoms with Gasteiger partial charge in [-0.25, -0.2) is 0 Å². The highest BCUT2D eigenvalue weighted by Crippen LogP contribution is 2.42. The van der Waals surface area contributed by atoms with Gasteiger partial charge in [0.15, 0.2) is 0 Å². The molecule has 0 radical (unpaired) electrons. The summed E-state index contributed by atoms with van der Waals surface area (Å²) in [5.41, 5.74) is 5.55. The van der Waals surface area contributed by atoms with Crippen molar-refractivity contribution in [2.45, 2.75) is 53.4 Å². The lowest BCUT2D eigenvalue weighted by molar-refractivity contribution is -0.125. The minimum absolute atomic E-state index is 0.0905. The molecule has 0 aromatic rings. The smallest absolute Gasteiger partial charge is 0.220 e. The van der Waals surface area contributed by atoms with Crippen molar-refractivity contribution in [3.05, 3.63) is 0 Å². The van der Waals surface area contributed by atoms with Crippen molar-refractivity contribution in [1.82, 2.24) is 0 Å². The lowest BCUT2D eigenvalue weighted by atomic mass is 9.65. The van der Waals surface area contributed by atoms with Crippen molar-refractivity contribution in [3.8, 4) is 0 Å². The fraction of sp³-hybridized carbons (Fsp3) is 0.929. The molecule has 0 aliphatic heterocycles. The second-order valence-electron chi connectivity index (χ2n) is 5.91. The number of rotatable bonds is 4. The summed E-state index contributed by atoms with van der Waals surface area (Å²) in [4.78, 5) is 11.5. The molecule has 2 N–H and O–H groups in total. The monoisotopic (exact) mass is 225 g/mol. The fourth-order valence-corrected chi connectivity index (χ4v) is 3.45. The largest absolute Gasteiger partial charge is 0.369 e. The standard InChI is InChI=1S/C14H27NO/c1-5-11(14(15)16)13-8-10(4)6-7-12(13)9(2)3/h9-13H,5-8H2,1-4H3,(H2,15,16). The molecule has 0 heterocycles. The molecule has 1 rings (SSSR count). The number of amides is 1. The Hall–Kier alpha value is -0.530. The number of carbonyl (C=O) groups excluding carboxylic acids is 1. The molecule has 0 aromatic carbocycles. The van der Waals surface area contributed by atoms with Gasteiger partial charge in [0.2, 0.25) is 5.91 Å². The van der Waals surface area contributed by atoms with Gasteiger partial charge in [0.1, 0.15) is 0 Å². The van der Waals surface area contributed by atoms with E-state index in [2.05, 4.69) is 27.7 Å². The van der Waals surface area contributed by atoms with Gasteiger partial charge in [-0.05, 0) is 42.9 Å². The first-order chi connectivity index (χ1) is 7.47. The predicted molar refractivity (Wildman–Crippen MR) is 67.8 cm³/mol. The SMILES string of the molecule is CCC(C(N)=O)C1CC(C)CCC1C(C)C. The number of carbonyl (C=O) groups is 1. The van der Waals surface area contributed by atoms with Crippen LogP contribution in [-0.2, 0) is 4.79 Å². The van der Waals surface area contributed by atoms with Gasteiger partial charge in [0, 0.05) is 5.92 Å². The van der Waals surface area contributed by atoms with Crippen LogP contribution in [0, 0.1) is 29.6 Å². The van der Waals surface area contributed by atoms with Crippen LogP contribution < -0.4 is 5.73 Å². The van der Waals surface area contributed by atoms with E-state index in [1.807, 2.05) is 0 Å². The molecular formula is C14H27NO. The summed E-state index contributed by atoms with van der Waals surface area (Å²) in [5.74, 6) is 2.64. The summed E-state index contributed by atoms with van der Waals surface area (Å²) in [5, 5.41) is 0. The van der Waals surface area contributed by atoms with E-state index in [1.165, 1.54) is 19.3 Å². The minimum atomic E-state index is -0.0905. The van der Waals surface area contributed by atoms with Gasteiger partial charge in [0.25, 0.3) is 0 Å². The molecule has 0 spiro atoms. The van der Waals surface area contributed by atoms with Crippen molar-refractivity contribution in [1.29, 1.82) is 0 Å². The molecule has 1 aliphatic rings. The van der Waals surface area contributed by atoms with Gasteiger partial charge in [-0.15, -0.1) is 0 Å². The Morgan fingerprint density at radius 3 is 2.38 bits per heavy atom. The molecule has 0 bridgehead atoms. The van der Waals surface area contributed by atoms with Crippen LogP contribution in [0.25, 0.3) is 0 Å². The second-order valence-corrected chi connectivity index (χ2v) is 5.91. The van der Waals surface area contributed by atoms with Gasteiger partial charge in [-0.2, -0.15) is 0 Å². The van der Waals surface area contributed by atoms with Crippen LogP contribution in [0.4, 0.5) is 0 Å². The van der Waals surface area contributed by atoms with E-state index in [9.17, 15) is 4.79 Å². The van der Waals surface area contributed by atoms with Crippen molar-refractivity contribution in [3.63, 3.8) is 0 Å². The zero-order chi connectivity index (χ0) is 12.3. The van der Waals surface area contributed by atoms with E-state index >= 15 is 0 Å². The Kier molecular flexibility index (Phi) is 4.82. The highest BCUT2D eigenvalue weighted by Gasteiger charge is 2.37. The predicted octanol–water partition coefficient (Wildman–Crippen LogP) is 3.21. The second kappa shape index (κ2) is 5.70. The maximum Gasteiger partial charge on any atom is 0.220 e. The Balaban J connectivity index is 2.81. The first-order valence-corrected chi connectivity index (χ1v) is 6.76. The summed E-state index contributed by atoms with van der Waals surface area (Å²) in [6.45, 7) is 8.95. The normalized spacial score (nSPS) is 32.7. The van der Waals surface area contributed by atoms with Crippen molar-refractivity contribution in [2.75, 3.05) is 0 Å². The summed E-state index contributed by atoms with van der Waals surface area (Å²) in [6, 6.07) is 0. The zero-order valence-electron chi connectivity index (χ0n) is 11.2. The lowest BCUT2D eigenvalue weighted by Crippen LogP contribution is -2.38. The summed E-state index contributed by atoms with van der Waals surface area (Å²) in [7, 11) is 0. The Bertz CT molecular complexity index is 237. The maximum absolute atomic E-state index is 11.5. The van der Waals surface area contributed by atoms with E-state index in [0.29, 0.717) is 17.8 Å². The van der Waals surface area contributed by atoms with E-state index in [0.717, 1.165) is 12.3 Å². The molecule has 2 heteroatoms. The van der Waals surface area contributed by atoms with Gasteiger partial charge in [-0.3, -0.25) is 4.79 Å². The van der Waals surface area contributed by atoms with Gasteiger partial charge >= 0.3 is 0 Å². The molecule has 16 heavy (non-hydrogen) atoms. The van der Waals surface area contributed by atoms with E-state index < -0.39 is 0 Å². The molecule has 1 fully saturated rings. The number of primary amides is 1. The van der Waals surface area contributed by atoms with E-state index in [1.54, 1.807) is 0 Å². The van der Waals surface area contributed by atoms with Crippen molar-refractivity contribution in [2.24, 2.45) is 35.3 Å². The molecule has 4 unspecified atom stereocenters. The number of hydrogen-bond donors (Lipinski definition) is 1. The third-order valence-electron chi connectivity index (χ3n) is 4.40. The van der Waals surface area contributed by atoms with Gasteiger partial charge in [0.05, 0.1) is 0 Å². The van der Waals surface area contributed by atoms with E-state index in [4.69, 9.17) is 5.73 Å². The van der Waals surface area contributed by atoms with Crippen LogP contribution in [-0.4, -0.2) is 5.91 Å². The fourth-order valence-electron chi connectivity index (χ4n) is 3.45. The zero-order valence-corrected chi connectivity index (χ0v) is 11.2. The van der Waals surface area contributed by atoms with E-state index in [-0.39, 0.29) is 11.8 Å². The topological polar surface area (TPSA) is 43.1 Å². The Morgan fingerprint density at radius 2 is 1.94 bits per heavy atom. The number of nitrogens with two attached hydrogens (primary N) is 1. The van der Waals surface area contributed by atoms with Crippen LogP contribution >= 0.6 is 0 Å². The summed E-state index contributed by atoms with van der Waals surface area (Å²) in [6.07, 6.45) is 4.67. The molecule has 2 nitrogen and oxygen atoms in total. The Labute approximate surface area is 100.0 Å². The Morgan fingerprint density at radius 1 is 1.31 bits per heavy atom. The summed E-state index contributed by atoms with van der Waals surface area (Å²) < 4.78 is 0. The molecule has 1 aliphatic carbocycles. The first-order valence-electron chi connectivity index (χ1n) is 6.76. The molecule has 1 saturated carbocycles. The molecule has 0 aromatic heterocycles. The summed E-state index contributed by atoms with van der Waals surface area (Å²) >= 11 is 0. The molecular weight excluding hydrogens is 198 g/mol. The third-order valence-corrected chi connectivity index (χ3v) is 4.40. The maximum atomic E-state index is 11.5. The van der Waals surface area contributed by atoms with Crippen LogP contribution in [0.3, 0.4) is 0 Å². The lowest BCUT2D eigenvalue weighted by Gasteiger charge is -2.40. The quantitative estimate of drug-likeness (QED) is 0.784. The average Bonchev–Trinajstić information content (AvgIpc) is 2.17. The van der Waals surface area contributed by atoms with Crippen molar-refractivity contribution < 1.29 is 4.79 Å². The number of hydrogen-bond acceptors (Lipinski definition) is 1. The molecule has 94 valence electrons. The molecule has 0 saturated heterocycles.